The van der Waals surface area contributed by atoms with Crippen LogP contribution in [0.25, 0.3) is 0 Å². The van der Waals surface area contributed by atoms with Crippen LogP contribution in [0.3, 0.4) is 0 Å². The maximum absolute atomic E-state index is 11.3. The predicted molar refractivity (Wildman–Crippen MR) is 110 cm³/mol. The van der Waals surface area contributed by atoms with Crippen LogP contribution in [0.4, 0.5) is 0 Å². The van der Waals surface area contributed by atoms with Crippen molar-refractivity contribution in [1.82, 2.24) is 5.32 Å². The molecule has 2 aliphatic rings. The van der Waals surface area contributed by atoms with Crippen molar-refractivity contribution in [3.63, 3.8) is 0 Å². The summed E-state index contributed by atoms with van der Waals surface area (Å²) in [6, 6.07) is 15.0. The highest BCUT2D eigenvalue weighted by Gasteiger charge is 2.28. The van der Waals surface area contributed by atoms with E-state index in [1.807, 2.05) is 6.92 Å². The Labute approximate surface area is 167 Å². The third kappa shape index (κ3) is 4.86. The van der Waals surface area contributed by atoms with Crippen molar-refractivity contribution < 1.29 is 14.3 Å². The molecular formula is C24H29NO3. The third-order valence-corrected chi connectivity index (χ3v) is 5.63. The Balaban J connectivity index is 1.30. The lowest BCUT2D eigenvalue weighted by atomic mass is 10.0. The summed E-state index contributed by atoms with van der Waals surface area (Å²) in [5.41, 5.74) is 3.82. The standard InChI is InChI=1S/C24H29NO3/c1-16(25-17(2)26)23-14-21-10-7-19(13-24(21)28-23)4-3-18-8-11-22(12-9-18)27-15-20-5-6-20/h7-13,16,20,23H,3-6,14-15H2,1-2H3,(H,25,26)/t16-,23-/m1/s1. The molecule has 1 heterocycles. The highest BCUT2D eigenvalue weighted by atomic mass is 16.5. The zero-order chi connectivity index (χ0) is 19.5. The lowest BCUT2D eigenvalue weighted by Gasteiger charge is -2.19. The fourth-order valence-electron chi connectivity index (χ4n) is 3.69. The van der Waals surface area contributed by atoms with E-state index in [-0.39, 0.29) is 18.1 Å². The van der Waals surface area contributed by atoms with Crippen molar-refractivity contribution in [2.24, 2.45) is 5.92 Å². The molecule has 4 rings (SSSR count). The van der Waals surface area contributed by atoms with Crippen LogP contribution in [-0.2, 0) is 24.1 Å². The smallest absolute Gasteiger partial charge is 0.217 e. The first kappa shape index (κ1) is 18.9. The minimum Gasteiger partial charge on any atom is -0.493 e. The van der Waals surface area contributed by atoms with E-state index in [4.69, 9.17) is 9.47 Å². The Morgan fingerprint density at radius 1 is 1.14 bits per heavy atom. The van der Waals surface area contributed by atoms with E-state index in [0.717, 1.165) is 43.3 Å². The molecule has 1 N–H and O–H groups in total. The van der Waals surface area contributed by atoms with Crippen LogP contribution in [0.1, 0.15) is 43.4 Å². The Morgan fingerprint density at radius 3 is 2.57 bits per heavy atom. The first-order valence-corrected chi connectivity index (χ1v) is 10.3. The average molecular weight is 380 g/mol. The molecule has 0 aromatic heterocycles. The predicted octanol–water partition coefficient (Wildman–Crippen LogP) is 4.09. The van der Waals surface area contributed by atoms with Gasteiger partial charge in [0.05, 0.1) is 12.6 Å². The van der Waals surface area contributed by atoms with Crippen molar-refractivity contribution in [2.45, 2.75) is 58.1 Å². The lowest BCUT2D eigenvalue weighted by molar-refractivity contribution is -0.120. The minimum absolute atomic E-state index is 0.00833. The maximum Gasteiger partial charge on any atom is 0.217 e. The first-order chi connectivity index (χ1) is 13.6. The van der Waals surface area contributed by atoms with Gasteiger partial charge in [0.1, 0.15) is 17.6 Å². The number of aryl methyl sites for hydroxylation is 2. The monoisotopic (exact) mass is 379 g/mol. The van der Waals surface area contributed by atoms with E-state index in [9.17, 15) is 4.79 Å². The number of hydrogen-bond acceptors (Lipinski definition) is 3. The highest BCUT2D eigenvalue weighted by molar-refractivity contribution is 5.73. The number of ether oxygens (including phenoxy) is 2. The summed E-state index contributed by atoms with van der Waals surface area (Å²) in [5, 5.41) is 2.93. The topological polar surface area (TPSA) is 47.6 Å². The van der Waals surface area contributed by atoms with Crippen LogP contribution in [0.5, 0.6) is 11.5 Å². The van der Waals surface area contributed by atoms with Crippen LogP contribution < -0.4 is 14.8 Å². The molecule has 148 valence electrons. The van der Waals surface area contributed by atoms with Gasteiger partial charge in [0.2, 0.25) is 5.91 Å². The molecule has 2 aromatic carbocycles. The number of carbonyl (C=O) groups is 1. The number of fused-ring (bicyclic) bond motifs is 1. The van der Waals surface area contributed by atoms with Gasteiger partial charge < -0.3 is 14.8 Å². The van der Waals surface area contributed by atoms with Gasteiger partial charge in [-0.1, -0.05) is 24.3 Å². The van der Waals surface area contributed by atoms with E-state index < -0.39 is 0 Å². The number of benzene rings is 2. The van der Waals surface area contributed by atoms with Crippen molar-refractivity contribution in [3.8, 4) is 11.5 Å². The van der Waals surface area contributed by atoms with Gasteiger partial charge in [-0.05, 0) is 73.4 Å². The molecule has 2 atom stereocenters. The molecule has 0 radical (unpaired) electrons. The van der Waals surface area contributed by atoms with Gasteiger partial charge in [-0.2, -0.15) is 0 Å². The van der Waals surface area contributed by atoms with Crippen LogP contribution in [-0.4, -0.2) is 24.7 Å². The van der Waals surface area contributed by atoms with Crippen molar-refractivity contribution in [3.05, 3.63) is 59.2 Å². The molecule has 4 heteroatoms. The quantitative estimate of drug-likeness (QED) is 0.752. The Morgan fingerprint density at radius 2 is 1.86 bits per heavy atom. The highest BCUT2D eigenvalue weighted by Crippen LogP contribution is 2.32. The minimum atomic E-state index is -0.0169. The van der Waals surface area contributed by atoms with Crippen molar-refractivity contribution in [1.29, 1.82) is 0 Å². The van der Waals surface area contributed by atoms with E-state index in [1.165, 1.54) is 29.5 Å². The second-order valence-electron chi connectivity index (χ2n) is 8.19. The van der Waals surface area contributed by atoms with Crippen molar-refractivity contribution >= 4 is 5.91 Å². The van der Waals surface area contributed by atoms with E-state index in [2.05, 4.69) is 47.8 Å². The van der Waals surface area contributed by atoms with Crippen LogP contribution in [0, 0.1) is 5.92 Å². The second-order valence-corrected chi connectivity index (χ2v) is 8.19. The SMILES string of the molecule is CC(=O)N[C@H](C)[C@H]1Cc2ccc(CCc3ccc(OCC4CC4)cc3)cc2O1. The van der Waals surface area contributed by atoms with E-state index in [0.29, 0.717) is 0 Å². The summed E-state index contributed by atoms with van der Waals surface area (Å²) in [7, 11) is 0. The van der Waals surface area contributed by atoms with Gasteiger partial charge in [-0.3, -0.25) is 4.79 Å². The number of nitrogens with one attached hydrogen (secondary N) is 1. The molecule has 1 amide bonds. The van der Waals surface area contributed by atoms with Crippen LogP contribution in [0.15, 0.2) is 42.5 Å². The van der Waals surface area contributed by atoms with E-state index >= 15 is 0 Å². The molecule has 0 saturated heterocycles. The number of carbonyl (C=O) groups excluding carboxylic acids is 1. The molecule has 1 saturated carbocycles. The summed E-state index contributed by atoms with van der Waals surface area (Å²) in [6.45, 7) is 4.40. The fourth-order valence-corrected chi connectivity index (χ4v) is 3.69. The van der Waals surface area contributed by atoms with Gasteiger partial charge in [-0.15, -0.1) is 0 Å². The summed E-state index contributed by atoms with van der Waals surface area (Å²) in [5.74, 6) is 2.70. The van der Waals surface area contributed by atoms with Gasteiger partial charge in [0, 0.05) is 13.3 Å². The third-order valence-electron chi connectivity index (χ3n) is 5.63. The summed E-state index contributed by atoms with van der Waals surface area (Å²) in [4.78, 5) is 11.3. The number of rotatable bonds is 8. The molecule has 4 nitrogen and oxygen atoms in total. The van der Waals surface area contributed by atoms with Gasteiger partial charge in [-0.25, -0.2) is 0 Å². The molecule has 1 aliphatic carbocycles. The average Bonchev–Trinajstić information content (AvgIpc) is 3.41. The second kappa shape index (κ2) is 8.26. The summed E-state index contributed by atoms with van der Waals surface area (Å²) in [6.07, 6.45) is 5.46. The zero-order valence-corrected chi connectivity index (χ0v) is 16.7. The molecule has 1 fully saturated rings. The summed E-state index contributed by atoms with van der Waals surface area (Å²) >= 11 is 0. The summed E-state index contributed by atoms with van der Waals surface area (Å²) < 4.78 is 11.9. The lowest BCUT2D eigenvalue weighted by Crippen LogP contribution is -2.42. The number of hydrogen-bond donors (Lipinski definition) is 1. The molecule has 1 aliphatic heterocycles. The molecule has 0 spiro atoms. The van der Waals surface area contributed by atoms with Crippen LogP contribution in [0.2, 0.25) is 0 Å². The van der Waals surface area contributed by atoms with Crippen molar-refractivity contribution in [2.75, 3.05) is 6.61 Å². The molecule has 2 aromatic rings. The number of amides is 1. The van der Waals surface area contributed by atoms with Gasteiger partial charge >= 0.3 is 0 Å². The van der Waals surface area contributed by atoms with Gasteiger partial charge in [0.25, 0.3) is 0 Å². The van der Waals surface area contributed by atoms with Gasteiger partial charge in [0.15, 0.2) is 0 Å². The largest absolute Gasteiger partial charge is 0.493 e. The zero-order valence-electron chi connectivity index (χ0n) is 16.7. The van der Waals surface area contributed by atoms with Crippen LogP contribution >= 0.6 is 0 Å². The maximum atomic E-state index is 11.3. The molecular weight excluding hydrogens is 350 g/mol. The Hall–Kier alpha value is -2.49. The fraction of sp³-hybridized carbons (Fsp3) is 0.458. The Bertz CT molecular complexity index is 826. The molecule has 28 heavy (non-hydrogen) atoms. The first-order valence-electron chi connectivity index (χ1n) is 10.3. The Kier molecular flexibility index (Phi) is 5.56. The van der Waals surface area contributed by atoms with E-state index in [1.54, 1.807) is 6.92 Å². The molecule has 0 bridgehead atoms. The normalized spacial score (nSPS) is 18.9. The molecule has 0 unspecified atom stereocenters.